The second kappa shape index (κ2) is 8.79. The smallest absolute Gasteiger partial charge is 0.257 e. The number of aromatic nitrogens is 1. The molecule has 1 aliphatic heterocycles. The van der Waals surface area contributed by atoms with Crippen molar-refractivity contribution in [2.75, 3.05) is 13.1 Å². The summed E-state index contributed by atoms with van der Waals surface area (Å²) >= 11 is 1.48. The molecule has 6 nitrogen and oxygen atoms in total. The van der Waals surface area contributed by atoms with Crippen LogP contribution < -0.4 is 5.32 Å². The van der Waals surface area contributed by atoms with Gasteiger partial charge in [-0.2, -0.15) is 0 Å². The maximum Gasteiger partial charge on any atom is 0.257 e. The average Bonchev–Trinajstić information content (AvgIpc) is 3.39. The van der Waals surface area contributed by atoms with Gasteiger partial charge in [-0.25, -0.2) is 9.37 Å². The number of halogens is 1. The molecule has 1 aliphatic rings. The first-order valence-electron chi connectivity index (χ1n) is 9.82. The summed E-state index contributed by atoms with van der Waals surface area (Å²) in [5.41, 5.74) is 2.08. The molecular formula is C22H22FN3O3S. The van der Waals surface area contributed by atoms with E-state index in [1.54, 1.807) is 23.1 Å². The van der Waals surface area contributed by atoms with Crippen molar-refractivity contribution in [1.82, 2.24) is 15.2 Å². The zero-order valence-electron chi connectivity index (χ0n) is 16.6. The van der Waals surface area contributed by atoms with Crippen molar-refractivity contribution in [3.63, 3.8) is 0 Å². The summed E-state index contributed by atoms with van der Waals surface area (Å²) in [4.78, 5) is 32.2. The molecule has 3 heterocycles. The first kappa shape index (κ1) is 20.3. The SMILES string of the molecule is Cc1nc(-c2ccc(F)cc2)c(CC(=O)NC2CCN(C(=O)c3ccoc3)CC2)s1. The summed E-state index contributed by atoms with van der Waals surface area (Å²) in [6, 6.07) is 7.84. The maximum atomic E-state index is 13.2. The molecule has 156 valence electrons. The van der Waals surface area contributed by atoms with Crippen molar-refractivity contribution < 1.29 is 18.4 Å². The number of carbonyl (C=O) groups excluding carboxylic acids is 2. The van der Waals surface area contributed by atoms with Gasteiger partial charge in [-0.1, -0.05) is 0 Å². The number of nitrogens with one attached hydrogen (secondary N) is 1. The van der Waals surface area contributed by atoms with Gasteiger partial charge in [-0.05, 0) is 50.1 Å². The van der Waals surface area contributed by atoms with Crippen molar-refractivity contribution in [3.05, 3.63) is 64.1 Å². The molecule has 4 rings (SSSR count). The van der Waals surface area contributed by atoms with Gasteiger partial charge >= 0.3 is 0 Å². The Morgan fingerprint density at radius 2 is 1.97 bits per heavy atom. The van der Waals surface area contributed by atoms with Crippen LogP contribution in [0.15, 0.2) is 47.3 Å². The van der Waals surface area contributed by atoms with Gasteiger partial charge in [0.15, 0.2) is 0 Å². The topological polar surface area (TPSA) is 75.4 Å². The van der Waals surface area contributed by atoms with E-state index in [0.717, 1.165) is 21.1 Å². The number of benzene rings is 1. The number of rotatable bonds is 5. The third-order valence-electron chi connectivity index (χ3n) is 5.16. The number of aryl methyl sites for hydroxylation is 1. The minimum atomic E-state index is -0.303. The molecule has 0 atom stereocenters. The average molecular weight is 428 g/mol. The normalized spacial score (nSPS) is 14.7. The predicted octanol–water partition coefficient (Wildman–Crippen LogP) is 3.81. The van der Waals surface area contributed by atoms with Crippen molar-refractivity contribution in [2.24, 2.45) is 0 Å². The number of hydrogen-bond donors (Lipinski definition) is 1. The number of carbonyl (C=O) groups is 2. The molecule has 30 heavy (non-hydrogen) atoms. The Balaban J connectivity index is 1.34. The van der Waals surface area contributed by atoms with Crippen LogP contribution in [0, 0.1) is 12.7 Å². The van der Waals surface area contributed by atoms with E-state index in [4.69, 9.17) is 4.42 Å². The lowest BCUT2D eigenvalue weighted by molar-refractivity contribution is -0.121. The molecule has 2 aromatic heterocycles. The van der Waals surface area contributed by atoms with Crippen molar-refractivity contribution in [1.29, 1.82) is 0 Å². The summed E-state index contributed by atoms with van der Waals surface area (Å²) in [6.07, 6.45) is 4.59. The largest absolute Gasteiger partial charge is 0.472 e. The van der Waals surface area contributed by atoms with Crippen LogP contribution in [0.4, 0.5) is 4.39 Å². The fraction of sp³-hybridized carbons (Fsp3) is 0.318. The van der Waals surface area contributed by atoms with Crippen LogP contribution in [0.5, 0.6) is 0 Å². The highest BCUT2D eigenvalue weighted by Gasteiger charge is 2.25. The second-order valence-electron chi connectivity index (χ2n) is 7.33. The molecule has 1 aromatic carbocycles. The van der Waals surface area contributed by atoms with Crippen LogP contribution in [0.3, 0.4) is 0 Å². The quantitative estimate of drug-likeness (QED) is 0.672. The van der Waals surface area contributed by atoms with Gasteiger partial charge in [0.1, 0.15) is 12.1 Å². The van der Waals surface area contributed by atoms with Gasteiger partial charge in [0, 0.05) is 29.6 Å². The van der Waals surface area contributed by atoms with Gasteiger partial charge in [-0.3, -0.25) is 9.59 Å². The van der Waals surface area contributed by atoms with Gasteiger partial charge in [-0.15, -0.1) is 11.3 Å². The summed E-state index contributed by atoms with van der Waals surface area (Å²) in [5.74, 6) is -0.415. The molecule has 0 aliphatic carbocycles. The minimum absolute atomic E-state index is 0.0363. The summed E-state index contributed by atoms with van der Waals surface area (Å²) in [5, 5.41) is 3.95. The second-order valence-corrected chi connectivity index (χ2v) is 8.62. The van der Waals surface area contributed by atoms with Crippen LogP contribution >= 0.6 is 11.3 Å². The molecule has 3 aromatic rings. The first-order chi connectivity index (χ1) is 14.5. The van der Waals surface area contributed by atoms with Gasteiger partial charge < -0.3 is 14.6 Å². The monoisotopic (exact) mass is 427 g/mol. The lowest BCUT2D eigenvalue weighted by Gasteiger charge is -2.32. The van der Waals surface area contributed by atoms with Crippen molar-refractivity contribution in [3.8, 4) is 11.3 Å². The highest BCUT2D eigenvalue weighted by Crippen LogP contribution is 2.29. The lowest BCUT2D eigenvalue weighted by Crippen LogP contribution is -2.46. The van der Waals surface area contributed by atoms with E-state index >= 15 is 0 Å². The Hall–Kier alpha value is -3.00. The molecule has 2 amide bonds. The molecule has 0 bridgehead atoms. The minimum Gasteiger partial charge on any atom is -0.472 e. The number of hydrogen-bond acceptors (Lipinski definition) is 5. The van der Waals surface area contributed by atoms with E-state index in [1.807, 2.05) is 6.92 Å². The number of nitrogens with zero attached hydrogens (tertiary/aromatic N) is 2. The van der Waals surface area contributed by atoms with Gasteiger partial charge in [0.2, 0.25) is 5.91 Å². The molecule has 1 N–H and O–H groups in total. The maximum absolute atomic E-state index is 13.2. The first-order valence-corrected chi connectivity index (χ1v) is 10.6. The molecule has 8 heteroatoms. The Morgan fingerprint density at radius 1 is 1.23 bits per heavy atom. The summed E-state index contributed by atoms with van der Waals surface area (Å²) in [7, 11) is 0. The van der Waals surface area contributed by atoms with Crippen molar-refractivity contribution in [2.45, 2.75) is 32.2 Å². The van der Waals surface area contributed by atoms with E-state index in [-0.39, 0.29) is 30.1 Å². The number of amides is 2. The van der Waals surface area contributed by atoms with E-state index in [9.17, 15) is 14.0 Å². The van der Waals surface area contributed by atoms with Crippen LogP contribution in [-0.2, 0) is 11.2 Å². The fourth-order valence-corrected chi connectivity index (χ4v) is 4.60. The van der Waals surface area contributed by atoms with E-state index in [2.05, 4.69) is 10.3 Å². The Morgan fingerprint density at radius 3 is 2.63 bits per heavy atom. The molecule has 1 fully saturated rings. The third kappa shape index (κ3) is 4.59. The zero-order valence-corrected chi connectivity index (χ0v) is 17.4. The molecule has 1 saturated heterocycles. The van der Waals surface area contributed by atoms with Crippen LogP contribution in [0.2, 0.25) is 0 Å². The lowest BCUT2D eigenvalue weighted by atomic mass is 10.0. The van der Waals surface area contributed by atoms with Crippen molar-refractivity contribution >= 4 is 23.2 Å². The number of furan rings is 1. The number of piperidine rings is 1. The highest BCUT2D eigenvalue weighted by atomic mass is 32.1. The highest BCUT2D eigenvalue weighted by molar-refractivity contribution is 7.12. The summed E-state index contributed by atoms with van der Waals surface area (Å²) < 4.78 is 18.2. The molecule has 0 unspecified atom stereocenters. The van der Waals surface area contributed by atoms with E-state index < -0.39 is 0 Å². The van der Waals surface area contributed by atoms with Gasteiger partial charge in [0.05, 0.1) is 28.9 Å². The third-order valence-corrected chi connectivity index (χ3v) is 6.13. The number of thiazole rings is 1. The molecule has 0 radical (unpaired) electrons. The molecular weight excluding hydrogens is 405 g/mol. The zero-order chi connectivity index (χ0) is 21.1. The summed E-state index contributed by atoms with van der Waals surface area (Å²) in [6.45, 7) is 3.08. The van der Waals surface area contributed by atoms with Crippen LogP contribution in [-0.4, -0.2) is 40.8 Å². The Kier molecular flexibility index (Phi) is 5.94. The Labute approximate surface area is 177 Å². The molecule has 0 spiro atoms. The fourth-order valence-electron chi connectivity index (χ4n) is 3.64. The van der Waals surface area contributed by atoms with E-state index in [1.165, 1.54) is 36.0 Å². The van der Waals surface area contributed by atoms with Crippen LogP contribution in [0.1, 0.15) is 33.1 Å². The number of likely N-dealkylation sites (tertiary alicyclic amines) is 1. The van der Waals surface area contributed by atoms with Crippen LogP contribution in [0.25, 0.3) is 11.3 Å². The van der Waals surface area contributed by atoms with Gasteiger partial charge in [0.25, 0.3) is 5.91 Å². The Bertz CT molecular complexity index is 1020. The van der Waals surface area contributed by atoms with E-state index in [0.29, 0.717) is 31.5 Å². The predicted molar refractivity (Wildman–Crippen MR) is 112 cm³/mol. The standard InChI is InChI=1S/C22H22FN3O3S/c1-14-24-21(15-2-4-17(23)5-3-15)19(30-14)12-20(27)25-18-6-9-26(10-7-18)22(28)16-8-11-29-13-16/h2-5,8,11,13,18H,6-7,9-10,12H2,1H3,(H,25,27). The molecule has 0 saturated carbocycles.